The molecule has 5 heteroatoms. The molecule has 1 aliphatic rings. The average Bonchev–Trinajstić information content (AvgIpc) is 2.90. The maximum atomic E-state index is 12.5. The Kier molecular flexibility index (Phi) is 3.94. The molecule has 1 aliphatic heterocycles. The van der Waals surface area contributed by atoms with Crippen molar-refractivity contribution >= 4 is 11.7 Å². The summed E-state index contributed by atoms with van der Waals surface area (Å²) < 4.78 is 10.5. The number of amides is 1. The Morgan fingerprint density at radius 2 is 1.81 bits per heavy atom. The standard InChI is InChI=1S/C16H21NO4/c1-10(17(5)15(19)16(2,3)4)14(18)11-6-7-12-13(8-11)21-9-20-12/h6-8,10H,9H2,1-5H3. The Labute approximate surface area is 124 Å². The largest absolute Gasteiger partial charge is 0.454 e. The molecule has 1 unspecified atom stereocenters. The molecule has 0 radical (unpaired) electrons. The van der Waals surface area contributed by atoms with E-state index >= 15 is 0 Å². The van der Waals surface area contributed by atoms with Gasteiger partial charge in [0, 0.05) is 18.0 Å². The maximum Gasteiger partial charge on any atom is 0.231 e. The summed E-state index contributed by atoms with van der Waals surface area (Å²) >= 11 is 0. The van der Waals surface area contributed by atoms with Gasteiger partial charge in [0.2, 0.25) is 12.7 Å². The fourth-order valence-electron chi connectivity index (χ4n) is 2.17. The zero-order valence-corrected chi connectivity index (χ0v) is 13.1. The minimum atomic E-state index is -0.530. The first-order valence-electron chi connectivity index (χ1n) is 6.93. The number of likely N-dealkylation sites (N-methyl/N-ethyl adjacent to an activating group) is 1. The zero-order valence-electron chi connectivity index (χ0n) is 13.1. The molecule has 1 heterocycles. The molecule has 21 heavy (non-hydrogen) atoms. The van der Waals surface area contributed by atoms with Crippen molar-refractivity contribution in [2.45, 2.75) is 33.7 Å². The third kappa shape index (κ3) is 3.01. The molecular weight excluding hydrogens is 270 g/mol. The van der Waals surface area contributed by atoms with Crippen LogP contribution in [0.3, 0.4) is 0 Å². The van der Waals surface area contributed by atoms with Crippen molar-refractivity contribution in [1.82, 2.24) is 4.90 Å². The van der Waals surface area contributed by atoms with Gasteiger partial charge in [-0.05, 0) is 25.1 Å². The van der Waals surface area contributed by atoms with Gasteiger partial charge in [0.05, 0.1) is 6.04 Å². The number of nitrogens with zero attached hydrogens (tertiary/aromatic N) is 1. The SMILES string of the molecule is CC(C(=O)c1ccc2c(c1)OCO2)N(C)C(=O)C(C)(C)C. The summed E-state index contributed by atoms with van der Waals surface area (Å²) in [7, 11) is 1.66. The first-order chi connectivity index (χ1) is 9.71. The highest BCUT2D eigenvalue weighted by Gasteiger charge is 2.31. The summed E-state index contributed by atoms with van der Waals surface area (Å²) in [5.41, 5.74) is -0.00152. The van der Waals surface area contributed by atoms with Crippen LogP contribution >= 0.6 is 0 Å². The quantitative estimate of drug-likeness (QED) is 0.803. The van der Waals surface area contributed by atoms with Crippen LogP contribution in [0.25, 0.3) is 0 Å². The third-order valence-corrected chi connectivity index (χ3v) is 3.58. The van der Waals surface area contributed by atoms with E-state index in [-0.39, 0.29) is 18.5 Å². The van der Waals surface area contributed by atoms with Gasteiger partial charge in [-0.25, -0.2) is 0 Å². The lowest BCUT2D eigenvalue weighted by molar-refractivity contribution is -0.139. The molecule has 0 spiro atoms. The van der Waals surface area contributed by atoms with E-state index in [1.807, 2.05) is 20.8 Å². The minimum Gasteiger partial charge on any atom is -0.454 e. The van der Waals surface area contributed by atoms with Crippen molar-refractivity contribution < 1.29 is 19.1 Å². The van der Waals surface area contributed by atoms with Gasteiger partial charge in [-0.2, -0.15) is 0 Å². The van der Waals surface area contributed by atoms with Gasteiger partial charge in [0.25, 0.3) is 0 Å². The minimum absolute atomic E-state index is 0.0657. The van der Waals surface area contributed by atoms with E-state index in [4.69, 9.17) is 9.47 Å². The number of rotatable bonds is 3. The molecule has 0 aliphatic carbocycles. The van der Waals surface area contributed by atoms with Crippen molar-refractivity contribution in [2.24, 2.45) is 5.41 Å². The van der Waals surface area contributed by atoms with Crippen molar-refractivity contribution in [1.29, 1.82) is 0 Å². The normalized spacial score (nSPS) is 14.7. The molecule has 1 atom stereocenters. The summed E-state index contributed by atoms with van der Waals surface area (Å²) in [6.07, 6.45) is 0. The molecular formula is C16H21NO4. The van der Waals surface area contributed by atoms with E-state index in [2.05, 4.69) is 0 Å². The summed E-state index contributed by atoms with van der Waals surface area (Å²) in [5, 5.41) is 0. The second kappa shape index (κ2) is 5.39. The number of ketones is 1. The third-order valence-electron chi connectivity index (χ3n) is 3.58. The second-order valence-corrected chi connectivity index (χ2v) is 6.27. The van der Waals surface area contributed by atoms with E-state index in [9.17, 15) is 9.59 Å². The van der Waals surface area contributed by atoms with Gasteiger partial charge in [0.15, 0.2) is 17.3 Å². The van der Waals surface area contributed by atoms with Crippen LogP contribution in [0.4, 0.5) is 0 Å². The summed E-state index contributed by atoms with van der Waals surface area (Å²) in [5.74, 6) is 1.02. The van der Waals surface area contributed by atoms with Crippen molar-refractivity contribution in [3.8, 4) is 11.5 Å². The summed E-state index contributed by atoms with van der Waals surface area (Å²) in [6.45, 7) is 7.41. The number of Topliss-reactive ketones (excluding diaryl/α,β-unsaturated/α-hetero) is 1. The van der Waals surface area contributed by atoms with Crippen LogP contribution in [-0.4, -0.2) is 36.5 Å². The average molecular weight is 291 g/mol. The summed E-state index contributed by atoms with van der Waals surface area (Å²) in [6, 6.07) is 4.55. The number of fused-ring (bicyclic) bond motifs is 1. The molecule has 0 aromatic heterocycles. The molecule has 0 saturated heterocycles. The van der Waals surface area contributed by atoms with Crippen molar-refractivity contribution in [3.05, 3.63) is 23.8 Å². The topological polar surface area (TPSA) is 55.8 Å². The molecule has 1 aromatic carbocycles. The lowest BCUT2D eigenvalue weighted by Crippen LogP contribution is -2.45. The lowest BCUT2D eigenvalue weighted by Gasteiger charge is -2.30. The van der Waals surface area contributed by atoms with Gasteiger partial charge in [-0.1, -0.05) is 20.8 Å². The first kappa shape index (κ1) is 15.4. The van der Waals surface area contributed by atoms with Gasteiger partial charge in [0.1, 0.15) is 0 Å². The lowest BCUT2D eigenvalue weighted by atomic mass is 9.93. The van der Waals surface area contributed by atoms with Crippen LogP contribution in [-0.2, 0) is 4.79 Å². The Bertz CT molecular complexity index is 574. The highest BCUT2D eigenvalue weighted by atomic mass is 16.7. The van der Waals surface area contributed by atoms with Gasteiger partial charge >= 0.3 is 0 Å². The molecule has 2 rings (SSSR count). The molecule has 1 amide bonds. The van der Waals surface area contributed by atoms with Crippen LogP contribution in [0.2, 0.25) is 0 Å². The predicted molar refractivity (Wildman–Crippen MR) is 78.6 cm³/mol. The van der Waals surface area contributed by atoms with E-state index < -0.39 is 11.5 Å². The molecule has 0 bridgehead atoms. The fourth-order valence-corrected chi connectivity index (χ4v) is 2.17. The molecule has 5 nitrogen and oxygen atoms in total. The van der Waals surface area contributed by atoms with Crippen molar-refractivity contribution in [3.63, 3.8) is 0 Å². The van der Waals surface area contributed by atoms with E-state index in [0.29, 0.717) is 17.1 Å². The van der Waals surface area contributed by atoms with E-state index in [1.54, 1.807) is 32.2 Å². The number of carbonyl (C=O) groups is 2. The number of hydrogen-bond acceptors (Lipinski definition) is 4. The first-order valence-corrected chi connectivity index (χ1v) is 6.93. The van der Waals surface area contributed by atoms with Crippen LogP contribution < -0.4 is 9.47 Å². The van der Waals surface area contributed by atoms with Crippen LogP contribution in [0.15, 0.2) is 18.2 Å². The highest BCUT2D eigenvalue weighted by Crippen LogP contribution is 2.33. The second-order valence-electron chi connectivity index (χ2n) is 6.27. The Hall–Kier alpha value is -2.04. The number of benzene rings is 1. The Morgan fingerprint density at radius 1 is 1.19 bits per heavy atom. The predicted octanol–water partition coefficient (Wildman–Crippen LogP) is 2.49. The van der Waals surface area contributed by atoms with Gasteiger partial charge in [-0.3, -0.25) is 9.59 Å². The molecule has 1 aromatic rings. The van der Waals surface area contributed by atoms with Crippen molar-refractivity contribution in [2.75, 3.05) is 13.8 Å². The van der Waals surface area contributed by atoms with E-state index in [0.717, 1.165) is 0 Å². The van der Waals surface area contributed by atoms with Gasteiger partial charge < -0.3 is 14.4 Å². The number of hydrogen-bond donors (Lipinski definition) is 0. The maximum absolute atomic E-state index is 12.5. The fraction of sp³-hybridized carbons (Fsp3) is 0.500. The Balaban J connectivity index is 2.18. The molecule has 0 saturated carbocycles. The highest BCUT2D eigenvalue weighted by molar-refractivity contribution is 6.02. The molecule has 0 N–H and O–H groups in total. The summed E-state index contributed by atoms with van der Waals surface area (Å²) in [4.78, 5) is 26.3. The zero-order chi connectivity index (χ0) is 15.8. The van der Waals surface area contributed by atoms with E-state index in [1.165, 1.54) is 4.90 Å². The molecule has 0 fully saturated rings. The van der Waals surface area contributed by atoms with Crippen LogP contribution in [0, 0.1) is 5.41 Å². The Morgan fingerprint density at radius 3 is 2.43 bits per heavy atom. The number of carbonyl (C=O) groups excluding carboxylic acids is 2. The van der Waals surface area contributed by atoms with Crippen LogP contribution in [0.1, 0.15) is 38.1 Å². The number of ether oxygens (including phenoxy) is 2. The monoisotopic (exact) mass is 291 g/mol. The molecule has 114 valence electrons. The van der Waals surface area contributed by atoms with Gasteiger partial charge in [-0.15, -0.1) is 0 Å². The van der Waals surface area contributed by atoms with Crippen LogP contribution in [0.5, 0.6) is 11.5 Å². The smallest absolute Gasteiger partial charge is 0.231 e.